The molecule has 1 fully saturated rings. The van der Waals surface area contributed by atoms with Crippen LogP contribution in [0, 0.1) is 18.7 Å². The van der Waals surface area contributed by atoms with E-state index in [-0.39, 0.29) is 30.4 Å². The molecule has 1 saturated heterocycles. The standard InChI is InChI=1S/C20H24FN5O/c1-13-9-19(26-18(24-13)7-8-23-26)22-11-14-10-15(12-27)25(2)20(14)16-5-3-4-6-17(16)21/h3-9,14-15,20,22,27H,10-12H2,1-2H3/t14-,15+,20-/m0/s1. The van der Waals surface area contributed by atoms with Crippen LogP contribution in [0.15, 0.2) is 42.6 Å². The smallest absolute Gasteiger partial charge is 0.157 e. The molecule has 142 valence electrons. The van der Waals surface area contributed by atoms with Crippen LogP contribution < -0.4 is 5.32 Å². The first kappa shape index (κ1) is 17.9. The molecule has 0 aliphatic carbocycles. The molecule has 0 unspecified atom stereocenters. The van der Waals surface area contributed by atoms with Gasteiger partial charge in [0.2, 0.25) is 0 Å². The van der Waals surface area contributed by atoms with Crippen LogP contribution in [-0.2, 0) is 0 Å². The lowest BCUT2D eigenvalue weighted by Crippen LogP contribution is -2.31. The molecule has 0 spiro atoms. The molecule has 7 heteroatoms. The summed E-state index contributed by atoms with van der Waals surface area (Å²) in [5.74, 6) is 0.820. The minimum Gasteiger partial charge on any atom is -0.395 e. The van der Waals surface area contributed by atoms with Gasteiger partial charge in [0.05, 0.1) is 12.8 Å². The predicted molar refractivity (Wildman–Crippen MR) is 102 cm³/mol. The molecule has 2 aromatic heterocycles. The van der Waals surface area contributed by atoms with Crippen molar-refractivity contribution in [3.05, 3.63) is 59.7 Å². The highest BCUT2D eigenvalue weighted by atomic mass is 19.1. The summed E-state index contributed by atoms with van der Waals surface area (Å²) < 4.78 is 16.2. The van der Waals surface area contributed by atoms with Gasteiger partial charge < -0.3 is 10.4 Å². The molecule has 1 aliphatic rings. The SMILES string of the molecule is Cc1cc(NC[C@@H]2C[C@H](CO)N(C)[C@@H]2c2ccccc2F)n2nccc2n1. The third kappa shape index (κ3) is 3.28. The van der Waals surface area contributed by atoms with Crippen molar-refractivity contribution in [2.24, 2.45) is 5.92 Å². The molecule has 0 bridgehead atoms. The van der Waals surface area contributed by atoms with Crippen molar-refractivity contribution >= 4 is 11.5 Å². The Morgan fingerprint density at radius 3 is 2.89 bits per heavy atom. The summed E-state index contributed by atoms with van der Waals surface area (Å²) in [7, 11) is 1.96. The number of halogens is 1. The summed E-state index contributed by atoms with van der Waals surface area (Å²) in [6, 6.07) is 10.7. The Morgan fingerprint density at radius 1 is 1.30 bits per heavy atom. The molecule has 0 saturated carbocycles. The summed E-state index contributed by atoms with van der Waals surface area (Å²) >= 11 is 0. The second-order valence-electron chi connectivity index (χ2n) is 7.23. The molecule has 1 aromatic carbocycles. The molecule has 4 rings (SSSR count). The van der Waals surface area contributed by atoms with E-state index in [1.807, 2.05) is 38.2 Å². The first-order valence-corrected chi connectivity index (χ1v) is 9.21. The van der Waals surface area contributed by atoms with Gasteiger partial charge in [-0.1, -0.05) is 18.2 Å². The summed E-state index contributed by atoms with van der Waals surface area (Å²) in [5, 5.41) is 17.5. The van der Waals surface area contributed by atoms with Gasteiger partial charge in [0.25, 0.3) is 0 Å². The highest BCUT2D eigenvalue weighted by Gasteiger charge is 2.40. The Hall–Kier alpha value is -2.51. The lowest BCUT2D eigenvalue weighted by atomic mass is 9.92. The van der Waals surface area contributed by atoms with E-state index in [4.69, 9.17) is 0 Å². The molecular formula is C20H24FN5O. The molecule has 1 aliphatic heterocycles. The zero-order chi connectivity index (χ0) is 19.0. The van der Waals surface area contributed by atoms with Crippen LogP contribution in [0.25, 0.3) is 5.65 Å². The van der Waals surface area contributed by atoms with Crippen LogP contribution >= 0.6 is 0 Å². The van der Waals surface area contributed by atoms with E-state index in [9.17, 15) is 9.50 Å². The Kier molecular flexibility index (Phi) is 4.80. The van der Waals surface area contributed by atoms with E-state index in [1.54, 1.807) is 16.8 Å². The lowest BCUT2D eigenvalue weighted by molar-refractivity contribution is 0.152. The third-order valence-corrected chi connectivity index (χ3v) is 5.50. The number of hydrogen-bond donors (Lipinski definition) is 2. The van der Waals surface area contributed by atoms with Crippen molar-refractivity contribution < 1.29 is 9.50 Å². The zero-order valence-electron chi connectivity index (χ0n) is 15.5. The number of nitrogens with zero attached hydrogens (tertiary/aromatic N) is 4. The predicted octanol–water partition coefficient (Wildman–Crippen LogP) is 2.64. The summed E-state index contributed by atoms with van der Waals surface area (Å²) in [6.07, 6.45) is 2.52. The average Bonchev–Trinajstić information content (AvgIpc) is 3.24. The Labute approximate surface area is 157 Å². The summed E-state index contributed by atoms with van der Waals surface area (Å²) in [5.41, 5.74) is 2.38. The van der Waals surface area contributed by atoms with Crippen LogP contribution in [0.2, 0.25) is 0 Å². The fourth-order valence-electron chi connectivity index (χ4n) is 4.19. The van der Waals surface area contributed by atoms with Crippen molar-refractivity contribution in [1.82, 2.24) is 19.5 Å². The number of anilines is 1. The number of nitrogens with one attached hydrogen (secondary N) is 1. The van der Waals surface area contributed by atoms with Gasteiger partial charge in [-0.05, 0) is 32.4 Å². The van der Waals surface area contributed by atoms with Crippen molar-refractivity contribution in [3.8, 4) is 0 Å². The van der Waals surface area contributed by atoms with E-state index >= 15 is 0 Å². The first-order chi connectivity index (χ1) is 13.1. The van der Waals surface area contributed by atoms with Crippen molar-refractivity contribution in [1.29, 1.82) is 0 Å². The molecule has 2 N–H and O–H groups in total. The third-order valence-electron chi connectivity index (χ3n) is 5.50. The van der Waals surface area contributed by atoms with Crippen LogP contribution in [0.1, 0.15) is 23.7 Å². The van der Waals surface area contributed by atoms with Gasteiger partial charge in [-0.3, -0.25) is 4.90 Å². The number of benzene rings is 1. The molecule has 3 aromatic rings. The molecule has 3 atom stereocenters. The van der Waals surface area contributed by atoms with Gasteiger partial charge in [-0.15, -0.1) is 0 Å². The number of aromatic nitrogens is 3. The van der Waals surface area contributed by atoms with Crippen LogP contribution in [0.3, 0.4) is 0 Å². The number of hydrogen-bond acceptors (Lipinski definition) is 5. The van der Waals surface area contributed by atoms with Crippen molar-refractivity contribution in [2.45, 2.75) is 25.4 Å². The maximum atomic E-state index is 14.5. The monoisotopic (exact) mass is 369 g/mol. The summed E-state index contributed by atoms with van der Waals surface area (Å²) in [6.45, 7) is 2.67. The van der Waals surface area contributed by atoms with Gasteiger partial charge in [0.1, 0.15) is 11.6 Å². The van der Waals surface area contributed by atoms with E-state index < -0.39 is 0 Å². The van der Waals surface area contributed by atoms with Crippen LogP contribution in [0.4, 0.5) is 10.2 Å². The lowest BCUT2D eigenvalue weighted by Gasteiger charge is -2.28. The Balaban J connectivity index is 1.61. The summed E-state index contributed by atoms with van der Waals surface area (Å²) in [4.78, 5) is 6.55. The molecule has 27 heavy (non-hydrogen) atoms. The van der Waals surface area contributed by atoms with E-state index in [0.29, 0.717) is 12.1 Å². The van der Waals surface area contributed by atoms with E-state index in [0.717, 1.165) is 23.6 Å². The Bertz CT molecular complexity index is 943. The van der Waals surface area contributed by atoms with Crippen LogP contribution in [0.5, 0.6) is 0 Å². The van der Waals surface area contributed by atoms with E-state index in [1.165, 1.54) is 6.07 Å². The number of aliphatic hydroxyl groups excluding tert-OH is 1. The molecule has 0 amide bonds. The molecule has 0 radical (unpaired) electrons. The number of aryl methyl sites for hydroxylation is 1. The van der Waals surface area contributed by atoms with Gasteiger partial charge in [-0.2, -0.15) is 9.61 Å². The molecule has 3 heterocycles. The van der Waals surface area contributed by atoms with Gasteiger partial charge in [-0.25, -0.2) is 9.37 Å². The minimum absolute atomic E-state index is 0.0188. The van der Waals surface area contributed by atoms with Crippen molar-refractivity contribution in [2.75, 3.05) is 25.5 Å². The highest BCUT2D eigenvalue weighted by Crippen LogP contribution is 2.40. The minimum atomic E-state index is -0.202. The number of aliphatic hydroxyl groups is 1. The highest BCUT2D eigenvalue weighted by molar-refractivity contribution is 5.49. The van der Waals surface area contributed by atoms with Gasteiger partial charge in [0, 0.05) is 42.0 Å². The number of likely N-dealkylation sites (N-methyl/N-ethyl adjacent to an activating group) is 1. The van der Waals surface area contributed by atoms with Crippen LogP contribution in [-0.4, -0.2) is 50.8 Å². The topological polar surface area (TPSA) is 65.7 Å². The van der Waals surface area contributed by atoms with Gasteiger partial charge >= 0.3 is 0 Å². The van der Waals surface area contributed by atoms with E-state index in [2.05, 4.69) is 20.3 Å². The normalized spacial score (nSPS) is 23.2. The number of fused-ring (bicyclic) bond motifs is 1. The number of likely N-dealkylation sites (tertiary alicyclic amines) is 1. The zero-order valence-corrected chi connectivity index (χ0v) is 15.5. The van der Waals surface area contributed by atoms with Gasteiger partial charge in [0.15, 0.2) is 5.65 Å². The fraction of sp³-hybridized carbons (Fsp3) is 0.400. The molecule has 6 nitrogen and oxygen atoms in total. The maximum absolute atomic E-state index is 14.5. The number of rotatable bonds is 5. The Morgan fingerprint density at radius 2 is 2.11 bits per heavy atom. The van der Waals surface area contributed by atoms with Crippen molar-refractivity contribution in [3.63, 3.8) is 0 Å². The quantitative estimate of drug-likeness (QED) is 0.724. The second kappa shape index (κ2) is 7.25. The maximum Gasteiger partial charge on any atom is 0.157 e. The first-order valence-electron chi connectivity index (χ1n) is 9.21. The fourth-order valence-corrected chi connectivity index (χ4v) is 4.19. The molecular weight excluding hydrogens is 345 g/mol. The average molecular weight is 369 g/mol. The second-order valence-corrected chi connectivity index (χ2v) is 7.23. The largest absolute Gasteiger partial charge is 0.395 e.